The van der Waals surface area contributed by atoms with Crippen LogP contribution >= 0.6 is 0 Å². The van der Waals surface area contributed by atoms with Crippen molar-refractivity contribution in [3.05, 3.63) is 89.5 Å². The molecule has 7 nitrogen and oxygen atoms in total. The molecule has 0 fully saturated rings. The van der Waals surface area contributed by atoms with Gasteiger partial charge in [0.15, 0.2) is 5.82 Å². The van der Waals surface area contributed by atoms with Crippen LogP contribution in [-0.2, 0) is 11.3 Å². The number of nitrogens with zero attached hydrogens (tertiary/aromatic N) is 4. The van der Waals surface area contributed by atoms with Crippen LogP contribution in [-0.4, -0.2) is 33.5 Å². The highest BCUT2D eigenvalue weighted by molar-refractivity contribution is 6.10. The van der Waals surface area contributed by atoms with Crippen molar-refractivity contribution < 1.29 is 18.7 Å². The number of esters is 1. The van der Waals surface area contributed by atoms with Crippen molar-refractivity contribution in [1.82, 2.24) is 14.5 Å². The first-order valence-electron chi connectivity index (χ1n) is 11.2. The fourth-order valence-corrected chi connectivity index (χ4v) is 4.27. The second kappa shape index (κ2) is 8.79. The van der Waals surface area contributed by atoms with E-state index in [1.165, 1.54) is 25.3 Å². The van der Waals surface area contributed by atoms with E-state index < -0.39 is 11.8 Å². The van der Waals surface area contributed by atoms with Crippen LogP contribution in [0, 0.1) is 5.82 Å². The van der Waals surface area contributed by atoms with E-state index in [1.807, 2.05) is 29.0 Å². The average Bonchev–Trinajstić information content (AvgIpc) is 3.49. The topological polar surface area (TPSA) is 77.3 Å². The Morgan fingerprint density at radius 1 is 1.09 bits per heavy atom. The van der Waals surface area contributed by atoms with Crippen molar-refractivity contribution in [3.8, 4) is 22.6 Å². The van der Waals surface area contributed by atoms with Crippen molar-refractivity contribution in [1.29, 1.82) is 0 Å². The van der Waals surface area contributed by atoms with Gasteiger partial charge in [-0.3, -0.25) is 9.69 Å². The van der Waals surface area contributed by atoms with Gasteiger partial charge in [-0.25, -0.2) is 19.2 Å². The molecule has 0 spiro atoms. The molecule has 0 saturated carbocycles. The van der Waals surface area contributed by atoms with E-state index in [0.717, 1.165) is 11.4 Å². The zero-order chi connectivity index (χ0) is 24.7. The highest BCUT2D eigenvalue weighted by Crippen LogP contribution is 2.33. The molecule has 5 rings (SSSR count). The Kier molecular flexibility index (Phi) is 5.64. The number of fused-ring (bicyclic) bond motifs is 1. The minimum absolute atomic E-state index is 0.215. The van der Waals surface area contributed by atoms with E-state index in [2.05, 4.69) is 18.8 Å². The van der Waals surface area contributed by atoms with Gasteiger partial charge in [0, 0.05) is 29.6 Å². The number of anilines is 1. The maximum absolute atomic E-state index is 14.6. The Balaban J connectivity index is 1.48. The number of rotatable bonds is 5. The molecular weight excluding hydrogens is 447 g/mol. The van der Waals surface area contributed by atoms with Gasteiger partial charge in [-0.1, -0.05) is 18.2 Å². The second-order valence-electron chi connectivity index (χ2n) is 8.58. The number of methoxy groups -OCH3 is 1. The number of hydrogen-bond donors (Lipinski definition) is 0. The molecule has 35 heavy (non-hydrogen) atoms. The summed E-state index contributed by atoms with van der Waals surface area (Å²) < 4.78 is 21.4. The fraction of sp³-hybridized carbons (Fsp3) is 0.185. The fourth-order valence-electron chi connectivity index (χ4n) is 4.27. The molecule has 0 unspecified atom stereocenters. The Morgan fingerprint density at radius 3 is 2.69 bits per heavy atom. The van der Waals surface area contributed by atoms with Gasteiger partial charge < -0.3 is 9.30 Å². The molecule has 1 aliphatic rings. The minimum atomic E-state index is -0.557. The summed E-state index contributed by atoms with van der Waals surface area (Å²) in [5.41, 5.74) is 2.93. The summed E-state index contributed by atoms with van der Waals surface area (Å²) in [6.45, 7) is 4.49. The number of benzene rings is 2. The third-order valence-corrected chi connectivity index (χ3v) is 6.08. The first-order valence-corrected chi connectivity index (χ1v) is 11.2. The van der Waals surface area contributed by atoms with E-state index in [1.54, 1.807) is 29.3 Å². The molecule has 0 saturated heterocycles. The number of ether oxygens (including phenoxy) is 1. The summed E-state index contributed by atoms with van der Waals surface area (Å²) in [7, 11) is 1.27. The third kappa shape index (κ3) is 3.97. The van der Waals surface area contributed by atoms with Crippen LogP contribution in [0.15, 0.2) is 67.0 Å². The molecule has 4 aromatic rings. The quantitative estimate of drug-likeness (QED) is 0.371. The number of imidazole rings is 1. The van der Waals surface area contributed by atoms with E-state index in [4.69, 9.17) is 9.72 Å². The van der Waals surface area contributed by atoms with E-state index in [0.29, 0.717) is 29.2 Å². The van der Waals surface area contributed by atoms with Crippen LogP contribution in [0.2, 0.25) is 0 Å². The molecule has 0 aliphatic carbocycles. The zero-order valence-corrected chi connectivity index (χ0v) is 19.5. The molecule has 1 aliphatic heterocycles. The average molecular weight is 471 g/mol. The van der Waals surface area contributed by atoms with Crippen LogP contribution in [0.4, 0.5) is 10.2 Å². The molecule has 0 bridgehead atoms. The molecule has 0 atom stereocenters. The predicted octanol–water partition coefficient (Wildman–Crippen LogP) is 5.28. The van der Waals surface area contributed by atoms with Crippen molar-refractivity contribution in [2.75, 3.05) is 12.0 Å². The second-order valence-corrected chi connectivity index (χ2v) is 8.58. The summed E-state index contributed by atoms with van der Waals surface area (Å²) in [5.74, 6) is -0.0199. The van der Waals surface area contributed by atoms with Gasteiger partial charge >= 0.3 is 5.97 Å². The highest BCUT2D eigenvalue weighted by Gasteiger charge is 2.30. The maximum atomic E-state index is 14.6. The zero-order valence-electron chi connectivity index (χ0n) is 19.5. The molecule has 2 aromatic carbocycles. The normalized spacial score (nSPS) is 12.8. The Bertz CT molecular complexity index is 1460. The summed E-state index contributed by atoms with van der Waals surface area (Å²) in [6.07, 6.45) is 3.64. The third-order valence-electron chi connectivity index (χ3n) is 6.08. The molecule has 3 heterocycles. The van der Waals surface area contributed by atoms with Crippen LogP contribution < -0.4 is 4.90 Å². The maximum Gasteiger partial charge on any atom is 0.337 e. The van der Waals surface area contributed by atoms with Gasteiger partial charge in [-0.05, 0) is 61.4 Å². The molecule has 1 amide bonds. The number of halogens is 1. The Hall–Kier alpha value is -4.33. The van der Waals surface area contributed by atoms with Gasteiger partial charge in [0.1, 0.15) is 17.3 Å². The standard InChI is InChI=1S/C27H23FN4O3/c1-16(2)31-12-11-29-25(31)23-5-4-6-24(30-23)32-15-19-8-7-17(13-21(19)26(32)33)20-14-18(27(34)35-3)9-10-22(20)28/h4-14,16H,15H2,1-3H3. The highest BCUT2D eigenvalue weighted by atomic mass is 19.1. The summed E-state index contributed by atoms with van der Waals surface area (Å²) in [6, 6.07) is 15.0. The van der Waals surface area contributed by atoms with Crippen LogP contribution in [0.25, 0.3) is 22.6 Å². The number of carbonyl (C=O) groups is 2. The van der Waals surface area contributed by atoms with Crippen LogP contribution in [0.1, 0.15) is 46.2 Å². The van der Waals surface area contributed by atoms with Crippen molar-refractivity contribution in [3.63, 3.8) is 0 Å². The number of aromatic nitrogens is 3. The summed E-state index contributed by atoms with van der Waals surface area (Å²) >= 11 is 0. The lowest BCUT2D eigenvalue weighted by atomic mass is 9.98. The van der Waals surface area contributed by atoms with Gasteiger partial charge in [0.25, 0.3) is 5.91 Å². The van der Waals surface area contributed by atoms with Crippen molar-refractivity contribution in [2.45, 2.75) is 26.4 Å². The van der Waals surface area contributed by atoms with E-state index >= 15 is 0 Å². The SMILES string of the molecule is COC(=O)c1ccc(F)c(-c2ccc3c(c2)C(=O)N(c2cccc(-c4nccn4C(C)C)n2)C3)c1. The Labute approximate surface area is 201 Å². The summed E-state index contributed by atoms with van der Waals surface area (Å²) in [4.78, 5) is 36.0. The van der Waals surface area contributed by atoms with Crippen molar-refractivity contribution in [2.24, 2.45) is 0 Å². The molecule has 176 valence electrons. The smallest absolute Gasteiger partial charge is 0.337 e. The first-order chi connectivity index (χ1) is 16.9. The molecule has 8 heteroatoms. The number of amides is 1. The Morgan fingerprint density at radius 2 is 1.91 bits per heavy atom. The molecule has 0 N–H and O–H groups in total. The molecule has 0 radical (unpaired) electrons. The van der Waals surface area contributed by atoms with Gasteiger partial charge in [0.2, 0.25) is 0 Å². The number of pyridine rings is 1. The largest absolute Gasteiger partial charge is 0.465 e. The monoisotopic (exact) mass is 470 g/mol. The van der Waals surface area contributed by atoms with Crippen molar-refractivity contribution >= 4 is 17.7 Å². The summed E-state index contributed by atoms with van der Waals surface area (Å²) in [5, 5.41) is 0. The number of hydrogen-bond acceptors (Lipinski definition) is 5. The van der Waals surface area contributed by atoms with E-state index in [9.17, 15) is 14.0 Å². The lowest BCUT2D eigenvalue weighted by Gasteiger charge is -2.16. The minimum Gasteiger partial charge on any atom is -0.465 e. The first kappa shape index (κ1) is 22.5. The number of carbonyl (C=O) groups excluding carboxylic acids is 2. The van der Waals surface area contributed by atoms with Crippen LogP contribution in [0.5, 0.6) is 0 Å². The van der Waals surface area contributed by atoms with Gasteiger partial charge in [-0.2, -0.15) is 0 Å². The van der Waals surface area contributed by atoms with E-state index in [-0.39, 0.29) is 23.1 Å². The van der Waals surface area contributed by atoms with Gasteiger partial charge in [-0.15, -0.1) is 0 Å². The molecular formula is C27H23FN4O3. The van der Waals surface area contributed by atoms with Gasteiger partial charge in [0.05, 0.1) is 19.2 Å². The lowest BCUT2D eigenvalue weighted by Crippen LogP contribution is -2.24. The predicted molar refractivity (Wildman–Crippen MR) is 130 cm³/mol. The molecule has 2 aromatic heterocycles. The lowest BCUT2D eigenvalue weighted by molar-refractivity contribution is 0.0600. The van der Waals surface area contributed by atoms with Crippen LogP contribution in [0.3, 0.4) is 0 Å².